The van der Waals surface area contributed by atoms with Crippen LogP contribution >= 0.6 is 0 Å². The van der Waals surface area contributed by atoms with Crippen LogP contribution in [0.5, 0.6) is 0 Å². The molecule has 1 N–H and O–H groups in total. The van der Waals surface area contributed by atoms with Gasteiger partial charge in [-0.25, -0.2) is 0 Å². The largest absolute Gasteiger partial charge is 0.507 e. The first-order chi connectivity index (χ1) is 11.1. The topological polar surface area (TPSA) is 54.4 Å². The quantitative estimate of drug-likeness (QED) is 0.895. The zero-order chi connectivity index (χ0) is 16.4. The number of aliphatic hydroxyl groups is 1. The molecule has 2 aromatic rings. The highest BCUT2D eigenvalue weighted by molar-refractivity contribution is 6.20. The third kappa shape index (κ3) is 2.70. The summed E-state index contributed by atoms with van der Waals surface area (Å²) in [6.45, 7) is 1.81. The second-order valence-electron chi connectivity index (χ2n) is 5.70. The van der Waals surface area contributed by atoms with Crippen molar-refractivity contribution in [2.45, 2.75) is 25.7 Å². The van der Waals surface area contributed by atoms with Gasteiger partial charge in [0.2, 0.25) is 0 Å². The van der Waals surface area contributed by atoms with Gasteiger partial charge in [0, 0.05) is 29.9 Å². The summed E-state index contributed by atoms with van der Waals surface area (Å²) in [5, 5.41) is 10.6. The minimum atomic E-state index is -0.413. The lowest BCUT2D eigenvalue weighted by atomic mass is 9.84. The minimum Gasteiger partial charge on any atom is -0.507 e. The van der Waals surface area contributed by atoms with Gasteiger partial charge in [0.15, 0.2) is 5.78 Å². The minimum absolute atomic E-state index is 0.00311. The highest BCUT2D eigenvalue weighted by atomic mass is 16.3. The maximum atomic E-state index is 12.8. The summed E-state index contributed by atoms with van der Waals surface area (Å²) < 4.78 is 0. The Morgan fingerprint density at radius 3 is 2.22 bits per heavy atom. The third-order valence-corrected chi connectivity index (χ3v) is 4.30. The second kappa shape index (κ2) is 6.21. The van der Waals surface area contributed by atoms with Gasteiger partial charge in [-0.2, -0.15) is 0 Å². The van der Waals surface area contributed by atoms with Crippen molar-refractivity contribution in [1.29, 1.82) is 0 Å². The van der Waals surface area contributed by atoms with Crippen LogP contribution in [-0.2, 0) is 4.79 Å². The molecule has 3 rings (SSSR count). The molecular formula is C20H18O3. The summed E-state index contributed by atoms with van der Waals surface area (Å²) in [6.07, 6.45) is 0.637. The van der Waals surface area contributed by atoms with Gasteiger partial charge in [-0.15, -0.1) is 0 Å². The van der Waals surface area contributed by atoms with E-state index in [0.717, 1.165) is 5.56 Å². The number of fused-ring (bicyclic) bond motifs is 1. The van der Waals surface area contributed by atoms with Crippen molar-refractivity contribution in [2.24, 2.45) is 0 Å². The highest BCUT2D eigenvalue weighted by Gasteiger charge is 2.35. The second-order valence-corrected chi connectivity index (χ2v) is 5.70. The molecule has 0 radical (unpaired) electrons. The fraction of sp³-hybridized carbons (Fsp3) is 0.200. The zero-order valence-corrected chi connectivity index (χ0v) is 13.0. The lowest BCUT2D eigenvalue weighted by Crippen LogP contribution is -2.14. The number of allylic oxidation sites excluding steroid dienone is 1. The number of hydrogen-bond acceptors (Lipinski definition) is 3. The van der Waals surface area contributed by atoms with Crippen LogP contribution < -0.4 is 0 Å². The van der Waals surface area contributed by atoms with E-state index in [4.69, 9.17) is 0 Å². The number of hydrogen-bond donors (Lipinski definition) is 1. The number of carbonyl (C=O) groups is 2. The number of benzene rings is 2. The molecule has 1 atom stereocenters. The van der Waals surface area contributed by atoms with Crippen molar-refractivity contribution in [3.8, 4) is 0 Å². The van der Waals surface area contributed by atoms with E-state index < -0.39 is 5.92 Å². The Morgan fingerprint density at radius 1 is 1.00 bits per heavy atom. The zero-order valence-electron chi connectivity index (χ0n) is 13.0. The molecule has 0 aliphatic heterocycles. The van der Waals surface area contributed by atoms with Crippen LogP contribution in [0.4, 0.5) is 0 Å². The Bertz CT molecular complexity index is 788. The number of rotatable bonds is 5. The lowest BCUT2D eigenvalue weighted by Gasteiger charge is -2.17. The molecule has 0 bridgehead atoms. The molecule has 116 valence electrons. The first-order valence-electron chi connectivity index (χ1n) is 7.77. The highest BCUT2D eigenvalue weighted by Crippen LogP contribution is 2.40. The first kappa shape index (κ1) is 15.2. The molecule has 0 unspecified atom stereocenters. The maximum Gasteiger partial charge on any atom is 0.194 e. The summed E-state index contributed by atoms with van der Waals surface area (Å²) in [6, 6.07) is 16.5. The molecule has 0 saturated carbocycles. The van der Waals surface area contributed by atoms with Gasteiger partial charge >= 0.3 is 0 Å². The van der Waals surface area contributed by atoms with Gasteiger partial charge in [0.1, 0.15) is 11.5 Å². The summed E-state index contributed by atoms with van der Waals surface area (Å²) >= 11 is 0. The molecule has 0 heterocycles. The van der Waals surface area contributed by atoms with Crippen LogP contribution in [0, 0.1) is 0 Å². The van der Waals surface area contributed by atoms with Gasteiger partial charge < -0.3 is 5.11 Å². The van der Waals surface area contributed by atoms with Crippen LogP contribution in [0.3, 0.4) is 0 Å². The van der Waals surface area contributed by atoms with Crippen molar-refractivity contribution in [3.63, 3.8) is 0 Å². The van der Waals surface area contributed by atoms with E-state index in [9.17, 15) is 14.7 Å². The SMILES string of the molecule is CCC(=O)C[C@@H](C1=C(O)c2ccccc2C1=O)c1ccccc1. The van der Waals surface area contributed by atoms with Gasteiger partial charge in [-0.05, 0) is 5.56 Å². The number of aliphatic hydroxyl groups excluding tert-OH is 1. The molecule has 0 aromatic heterocycles. The van der Waals surface area contributed by atoms with E-state index in [-0.39, 0.29) is 23.7 Å². The van der Waals surface area contributed by atoms with Crippen LogP contribution in [-0.4, -0.2) is 16.7 Å². The first-order valence-corrected chi connectivity index (χ1v) is 7.77. The van der Waals surface area contributed by atoms with Crippen molar-refractivity contribution < 1.29 is 14.7 Å². The van der Waals surface area contributed by atoms with Gasteiger partial charge in [-0.1, -0.05) is 61.5 Å². The normalized spacial score (nSPS) is 14.7. The Labute approximate surface area is 135 Å². The predicted molar refractivity (Wildman–Crippen MR) is 89.4 cm³/mol. The van der Waals surface area contributed by atoms with Crippen LogP contribution in [0.15, 0.2) is 60.2 Å². The van der Waals surface area contributed by atoms with E-state index in [2.05, 4.69) is 0 Å². The molecule has 3 nitrogen and oxygen atoms in total. The summed E-state index contributed by atoms with van der Waals surface area (Å²) in [5.74, 6) is -0.523. The monoisotopic (exact) mass is 306 g/mol. The van der Waals surface area contributed by atoms with Crippen molar-refractivity contribution in [1.82, 2.24) is 0 Å². The third-order valence-electron chi connectivity index (χ3n) is 4.30. The predicted octanol–water partition coefficient (Wildman–Crippen LogP) is 4.31. The number of carbonyl (C=O) groups excluding carboxylic acids is 2. The van der Waals surface area contributed by atoms with Gasteiger partial charge in [-0.3, -0.25) is 9.59 Å². The molecule has 23 heavy (non-hydrogen) atoms. The summed E-state index contributed by atoms with van der Waals surface area (Å²) in [4.78, 5) is 24.8. The summed E-state index contributed by atoms with van der Waals surface area (Å²) in [5.41, 5.74) is 2.26. The maximum absolute atomic E-state index is 12.8. The number of Topliss-reactive ketones (excluding diaryl/α,β-unsaturated/α-hetero) is 2. The molecule has 0 spiro atoms. The van der Waals surface area contributed by atoms with Crippen LogP contribution in [0.25, 0.3) is 5.76 Å². The Morgan fingerprint density at radius 2 is 1.61 bits per heavy atom. The van der Waals surface area contributed by atoms with Crippen molar-refractivity contribution in [3.05, 3.63) is 76.9 Å². The van der Waals surface area contributed by atoms with E-state index in [0.29, 0.717) is 23.1 Å². The lowest BCUT2D eigenvalue weighted by molar-refractivity contribution is -0.118. The van der Waals surface area contributed by atoms with E-state index in [1.807, 2.05) is 37.3 Å². The van der Waals surface area contributed by atoms with Crippen LogP contribution in [0.1, 0.15) is 47.2 Å². The fourth-order valence-corrected chi connectivity index (χ4v) is 3.05. The van der Waals surface area contributed by atoms with E-state index >= 15 is 0 Å². The van der Waals surface area contributed by atoms with E-state index in [1.54, 1.807) is 24.3 Å². The molecule has 0 fully saturated rings. The Balaban J connectivity index is 2.09. The van der Waals surface area contributed by atoms with Gasteiger partial charge in [0.05, 0.1) is 5.57 Å². The smallest absolute Gasteiger partial charge is 0.194 e. The van der Waals surface area contributed by atoms with Crippen molar-refractivity contribution >= 4 is 17.3 Å². The molecule has 1 aliphatic rings. The molecule has 1 aliphatic carbocycles. The van der Waals surface area contributed by atoms with Crippen LogP contribution in [0.2, 0.25) is 0 Å². The molecular weight excluding hydrogens is 288 g/mol. The standard InChI is InChI=1S/C20H18O3/c1-2-14(21)12-17(13-8-4-3-5-9-13)18-19(22)15-10-6-7-11-16(15)20(18)23/h3-11,17,22H,2,12H2,1H3/t17-/m1/s1. The van der Waals surface area contributed by atoms with Gasteiger partial charge in [0.25, 0.3) is 0 Å². The van der Waals surface area contributed by atoms with Crippen molar-refractivity contribution in [2.75, 3.05) is 0 Å². The molecule has 0 saturated heterocycles. The number of ketones is 2. The molecule has 3 heteroatoms. The summed E-state index contributed by atoms with van der Waals surface area (Å²) in [7, 11) is 0. The Hall–Kier alpha value is -2.68. The molecule has 2 aromatic carbocycles. The molecule has 0 amide bonds. The average molecular weight is 306 g/mol. The Kier molecular flexibility index (Phi) is 4.11. The average Bonchev–Trinajstić information content (AvgIpc) is 2.85. The fourth-order valence-electron chi connectivity index (χ4n) is 3.05. The van der Waals surface area contributed by atoms with E-state index in [1.165, 1.54) is 0 Å².